The molecule has 0 radical (unpaired) electrons. The molecule has 14 heavy (non-hydrogen) atoms. The second-order valence-electron chi connectivity index (χ2n) is 2.62. The summed E-state index contributed by atoms with van der Waals surface area (Å²) in [5.74, 6) is -1.05. The summed E-state index contributed by atoms with van der Waals surface area (Å²) in [4.78, 5) is 10.8. The van der Waals surface area contributed by atoms with Crippen LogP contribution in [0.15, 0.2) is 22.7 Å². The van der Waals surface area contributed by atoms with E-state index in [0.717, 1.165) is 0 Å². The first-order chi connectivity index (χ1) is 6.56. The summed E-state index contributed by atoms with van der Waals surface area (Å²) in [6.07, 6.45) is -0.997. The van der Waals surface area contributed by atoms with Gasteiger partial charge in [-0.15, -0.1) is 0 Å². The van der Waals surface area contributed by atoms with Crippen LogP contribution in [0, 0.1) is 0 Å². The van der Waals surface area contributed by atoms with Crippen LogP contribution < -0.4 is 0 Å². The van der Waals surface area contributed by atoms with Gasteiger partial charge in [-0.2, -0.15) is 0 Å². The fourth-order valence-electron chi connectivity index (χ4n) is 1.08. The quantitative estimate of drug-likeness (QED) is 0.925. The van der Waals surface area contributed by atoms with E-state index in [1.54, 1.807) is 18.2 Å². The summed E-state index contributed by atoms with van der Waals surface area (Å²) in [5, 5.41) is 9.33. The number of carboxylic acid groups (broad SMARTS) is 1. The SMILES string of the molecule is COC(C(=O)O)c1cc(Cl)ccc1Br. The highest BCUT2D eigenvalue weighted by molar-refractivity contribution is 9.10. The number of aliphatic carboxylic acids is 1. The third kappa shape index (κ3) is 2.47. The van der Waals surface area contributed by atoms with Gasteiger partial charge < -0.3 is 9.84 Å². The molecule has 5 heteroatoms. The summed E-state index contributed by atoms with van der Waals surface area (Å²) in [6, 6.07) is 4.92. The van der Waals surface area contributed by atoms with Gasteiger partial charge in [-0.05, 0) is 18.2 Å². The minimum Gasteiger partial charge on any atom is -0.479 e. The highest BCUT2D eigenvalue weighted by atomic mass is 79.9. The molecule has 0 aromatic heterocycles. The number of hydrogen-bond acceptors (Lipinski definition) is 2. The summed E-state index contributed by atoms with van der Waals surface area (Å²) < 4.78 is 5.51. The molecule has 1 N–H and O–H groups in total. The molecule has 0 saturated heterocycles. The smallest absolute Gasteiger partial charge is 0.337 e. The lowest BCUT2D eigenvalue weighted by Crippen LogP contribution is -2.13. The lowest BCUT2D eigenvalue weighted by atomic mass is 10.1. The number of rotatable bonds is 3. The highest BCUT2D eigenvalue weighted by Gasteiger charge is 2.21. The van der Waals surface area contributed by atoms with E-state index in [4.69, 9.17) is 21.4 Å². The molecule has 0 aliphatic carbocycles. The van der Waals surface area contributed by atoms with Crippen LogP contribution in [-0.4, -0.2) is 18.2 Å². The van der Waals surface area contributed by atoms with Crippen molar-refractivity contribution in [2.75, 3.05) is 7.11 Å². The standard InChI is InChI=1S/C9H8BrClO3/c1-14-8(9(12)13)6-4-5(11)2-3-7(6)10/h2-4,8H,1H3,(H,12,13). The van der Waals surface area contributed by atoms with Gasteiger partial charge in [0.05, 0.1) is 0 Å². The molecule has 1 aromatic rings. The van der Waals surface area contributed by atoms with E-state index in [0.29, 0.717) is 15.1 Å². The number of benzene rings is 1. The fraction of sp³-hybridized carbons (Fsp3) is 0.222. The molecule has 0 amide bonds. The van der Waals surface area contributed by atoms with Gasteiger partial charge in [0.15, 0.2) is 6.10 Å². The van der Waals surface area contributed by atoms with Crippen LogP contribution in [0.25, 0.3) is 0 Å². The van der Waals surface area contributed by atoms with E-state index in [2.05, 4.69) is 15.9 Å². The van der Waals surface area contributed by atoms with Crippen LogP contribution >= 0.6 is 27.5 Å². The maximum Gasteiger partial charge on any atom is 0.337 e. The zero-order valence-corrected chi connectivity index (χ0v) is 9.67. The number of methoxy groups -OCH3 is 1. The molecule has 0 fully saturated rings. The van der Waals surface area contributed by atoms with Crippen LogP contribution in [0.3, 0.4) is 0 Å². The Bertz CT molecular complexity index is 354. The lowest BCUT2D eigenvalue weighted by molar-refractivity contribution is -0.148. The predicted molar refractivity (Wildman–Crippen MR) is 56.5 cm³/mol. The Balaban J connectivity index is 3.15. The Morgan fingerprint density at radius 3 is 2.79 bits per heavy atom. The third-order valence-electron chi connectivity index (χ3n) is 1.70. The van der Waals surface area contributed by atoms with E-state index >= 15 is 0 Å². The number of ether oxygens (including phenoxy) is 1. The van der Waals surface area contributed by atoms with Crippen molar-refractivity contribution >= 4 is 33.5 Å². The molecule has 1 unspecified atom stereocenters. The van der Waals surface area contributed by atoms with Crippen molar-refractivity contribution < 1.29 is 14.6 Å². The predicted octanol–water partition coefficient (Wildman–Crippen LogP) is 2.87. The Kier molecular flexibility index (Phi) is 3.92. The van der Waals surface area contributed by atoms with E-state index in [9.17, 15) is 4.79 Å². The molecular formula is C9H8BrClO3. The summed E-state index contributed by atoms with van der Waals surface area (Å²) in [7, 11) is 1.34. The average molecular weight is 280 g/mol. The number of carbonyl (C=O) groups is 1. The zero-order chi connectivity index (χ0) is 10.7. The van der Waals surface area contributed by atoms with E-state index in [-0.39, 0.29) is 0 Å². The second kappa shape index (κ2) is 4.77. The highest BCUT2D eigenvalue weighted by Crippen LogP contribution is 2.28. The van der Waals surface area contributed by atoms with Gasteiger partial charge in [0.2, 0.25) is 0 Å². The van der Waals surface area contributed by atoms with Crippen molar-refractivity contribution in [1.29, 1.82) is 0 Å². The fourth-order valence-corrected chi connectivity index (χ4v) is 1.71. The molecular weight excluding hydrogens is 271 g/mol. The summed E-state index contributed by atoms with van der Waals surface area (Å²) >= 11 is 8.99. The van der Waals surface area contributed by atoms with E-state index in [1.807, 2.05) is 0 Å². The van der Waals surface area contributed by atoms with Crippen molar-refractivity contribution in [2.24, 2.45) is 0 Å². The number of hydrogen-bond donors (Lipinski definition) is 1. The zero-order valence-electron chi connectivity index (χ0n) is 7.33. The van der Waals surface area contributed by atoms with Crippen LogP contribution in [0.4, 0.5) is 0 Å². The summed E-state index contributed by atoms with van der Waals surface area (Å²) in [6.45, 7) is 0. The first-order valence-electron chi connectivity index (χ1n) is 3.77. The van der Waals surface area contributed by atoms with Crippen molar-refractivity contribution in [3.8, 4) is 0 Å². The molecule has 3 nitrogen and oxygen atoms in total. The van der Waals surface area contributed by atoms with Crippen LogP contribution in [0.5, 0.6) is 0 Å². The number of carboxylic acids is 1. The minimum absolute atomic E-state index is 0.478. The molecule has 0 aliphatic heterocycles. The summed E-state index contributed by atoms with van der Waals surface area (Å²) in [5.41, 5.74) is 0.507. The van der Waals surface area contributed by atoms with Gasteiger partial charge in [0.1, 0.15) is 0 Å². The average Bonchev–Trinajstić information content (AvgIpc) is 2.11. The van der Waals surface area contributed by atoms with Gasteiger partial charge in [-0.3, -0.25) is 0 Å². The van der Waals surface area contributed by atoms with Gasteiger partial charge in [0.25, 0.3) is 0 Å². The van der Waals surface area contributed by atoms with Crippen molar-refractivity contribution in [1.82, 2.24) is 0 Å². The van der Waals surface area contributed by atoms with Crippen LogP contribution in [0.2, 0.25) is 5.02 Å². The first kappa shape index (κ1) is 11.5. The van der Waals surface area contributed by atoms with E-state index in [1.165, 1.54) is 7.11 Å². The molecule has 0 bridgehead atoms. The Labute approximate surface area is 94.8 Å². The molecule has 1 aromatic carbocycles. The third-order valence-corrected chi connectivity index (χ3v) is 2.66. The first-order valence-corrected chi connectivity index (χ1v) is 4.94. The number of halogens is 2. The topological polar surface area (TPSA) is 46.5 Å². The molecule has 0 saturated carbocycles. The Hall–Kier alpha value is -0.580. The van der Waals surface area contributed by atoms with Gasteiger partial charge in [0, 0.05) is 22.2 Å². The molecule has 0 spiro atoms. The Morgan fingerprint density at radius 1 is 1.64 bits per heavy atom. The molecule has 0 heterocycles. The van der Waals surface area contributed by atoms with Gasteiger partial charge in [-0.25, -0.2) is 4.79 Å². The lowest BCUT2D eigenvalue weighted by Gasteiger charge is -2.12. The molecule has 76 valence electrons. The van der Waals surface area contributed by atoms with Gasteiger partial charge >= 0.3 is 5.97 Å². The van der Waals surface area contributed by atoms with Crippen molar-refractivity contribution in [3.05, 3.63) is 33.3 Å². The van der Waals surface area contributed by atoms with Crippen LogP contribution in [0.1, 0.15) is 11.7 Å². The van der Waals surface area contributed by atoms with E-state index < -0.39 is 12.1 Å². The normalized spacial score (nSPS) is 12.5. The Morgan fingerprint density at radius 2 is 2.29 bits per heavy atom. The minimum atomic E-state index is -1.05. The molecule has 1 atom stereocenters. The molecule has 1 rings (SSSR count). The van der Waals surface area contributed by atoms with Crippen molar-refractivity contribution in [2.45, 2.75) is 6.10 Å². The van der Waals surface area contributed by atoms with Crippen molar-refractivity contribution in [3.63, 3.8) is 0 Å². The second-order valence-corrected chi connectivity index (χ2v) is 3.91. The monoisotopic (exact) mass is 278 g/mol. The largest absolute Gasteiger partial charge is 0.479 e. The maximum atomic E-state index is 10.8. The maximum absolute atomic E-state index is 10.8. The van der Waals surface area contributed by atoms with Crippen LogP contribution in [-0.2, 0) is 9.53 Å². The van der Waals surface area contributed by atoms with Gasteiger partial charge in [-0.1, -0.05) is 27.5 Å². The molecule has 0 aliphatic rings.